The van der Waals surface area contributed by atoms with Crippen LogP contribution in [0.15, 0.2) is 315 Å². The van der Waals surface area contributed by atoms with Gasteiger partial charge >= 0.3 is 0 Å². The van der Waals surface area contributed by atoms with Crippen LogP contribution in [0.3, 0.4) is 0 Å². The predicted molar refractivity (Wildman–Crippen MR) is 395 cm³/mol. The van der Waals surface area contributed by atoms with Gasteiger partial charge in [-0.15, -0.1) is 0 Å². The second kappa shape index (κ2) is 20.5. The van der Waals surface area contributed by atoms with Gasteiger partial charge in [0.25, 0.3) is 0 Å². The Kier molecular flexibility index (Phi) is 11.8. The first-order valence-electron chi connectivity index (χ1n) is 33.1. The summed E-state index contributed by atoms with van der Waals surface area (Å²) >= 11 is 0. The van der Waals surface area contributed by atoms with Crippen LogP contribution in [0.2, 0.25) is 0 Å². The van der Waals surface area contributed by atoms with Gasteiger partial charge in [0.2, 0.25) is 0 Å². The number of benzene rings is 15. The van der Waals surface area contributed by atoms with E-state index < -0.39 is 10.8 Å². The smallest absolute Gasteiger partial charge is 0.0714 e. The largest absolute Gasteiger partial charge is 0.314 e. The highest BCUT2D eigenvalue weighted by Crippen LogP contribution is 2.59. The van der Waals surface area contributed by atoms with E-state index in [1.807, 2.05) is 0 Å². The highest BCUT2D eigenvalue weighted by Gasteiger charge is 2.48. The second-order valence-electron chi connectivity index (χ2n) is 26.3. The third-order valence-electron chi connectivity index (χ3n) is 21.9. The molecule has 0 saturated carbocycles. The fraction of sp³-hybridized carbons (Fsp3) is 0.0652. The third kappa shape index (κ3) is 7.48. The molecule has 0 N–H and O–H groups in total. The first-order chi connectivity index (χ1) is 46.3. The van der Waals surface area contributed by atoms with Gasteiger partial charge in [0.05, 0.1) is 21.9 Å². The summed E-state index contributed by atoms with van der Waals surface area (Å²) in [5.74, 6) is 0. The van der Waals surface area contributed by atoms with E-state index in [4.69, 9.17) is 0 Å². The molecule has 2 heterocycles. The zero-order valence-electron chi connectivity index (χ0n) is 52.9. The van der Waals surface area contributed by atoms with E-state index >= 15 is 0 Å². The molecule has 0 saturated heterocycles. The third-order valence-corrected chi connectivity index (χ3v) is 21.9. The average molecular weight is 1200 g/mol. The van der Waals surface area contributed by atoms with Crippen molar-refractivity contribution >= 4 is 64.9 Å². The number of aryl methyl sites for hydroxylation is 2. The summed E-state index contributed by atoms with van der Waals surface area (Å²) < 4.78 is 5.13. The molecule has 0 fully saturated rings. The van der Waals surface area contributed by atoms with Crippen LogP contribution in [0, 0.1) is 27.7 Å². The van der Waals surface area contributed by atoms with Crippen LogP contribution in [0.4, 0.5) is 0 Å². The van der Waals surface area contributed by atoms with Gasteiger partial charge in [-0.25, -0.2) is 0 Å². The Morgan fingerprint density at radius 3 is 0.936 bits per heavy atom. The van der Waals surface area contributed by atoms with Crippen LogP contribution in [-0.2, 0) is 10.8 Å². The van der Waals surface area contributed by atoms with Gasteiger partial charge in [-0.05, 0) is 232 Å². The molecule has 2 aliphatic rings. The lowest BCUT2D eigenvalue weighted by molar-refractivity contribution is 0.767. The topological polar surface area (TPSA) is 9.86 Å². The van der Waals surface area contributed by atoms with E-state index in [2.05, 4.69) is 352 Å². The summed E-state index contributed by atoms with van der Waals surface area (Å²) in [7, 11) is 0. The van der Waals surface area contributed by atoms with E-state index in [9.17, 15) is 0 Å². The second-order valence-corrected chi connectivity index (χ2v) is 26.3. The quantitative estimate of drug-likeness (QED) is 0.134. The van der Waals surface area contributed by atoms with E-state index in [1.54, 1.807) is 0 Å². The molecule has 15 aromatic carbocycles. The van der Waals surface area contributed by atoms with Crippen LogP contribution < -0.4 is 0 Å². The Bertz CT molecular complexity index is 5550. The summed E-state index contributed by atoms with van der Waals surface area (Å²) in [5, 5.41) is 12.3. The number of aromatic nitrogens is 2. The van der Waals surface area contributed by atoms with E-state index in [0.717, 1.165) is 11.4 Å². The van der Waals surface area contributed by atoms with Crippen LogP contribution in [0.25, 0.3) is 121 Å². The lowest BCUT2D eigenvalue weighted by Gasteiger charge is -2.34. The van der Waals surface area contributed by atoms with Crippen molar-refractivity contribution in [2.75, 3.05) is 0 Å². The highest BCUT2D eigenvalue weighted by atomic mass is 15.0. The van der Waals surface area contributed by atoms with Gasteiger partial charge in [0.1, 0.15) is 0 Å². The molecule has 0 radical (unpaired) electrons. The Hall–Kier alpha value is -11.6. The number of nitrogens with zero attached hydrogens (tertiary/aromatic N) is 2. The van der Waals surface area contributed by atoms with Gasteiger partial charge in [-0.3, -0.25) is 0 Å². The maximum absolute atomic E-state index is 2.56. The Labute approximate surface area is 547 Å². The first kappa shape index (κ1) is 54.2. The predicted octanol–water partition coefficient (Wildman–Crippen LogP) is 23.5. The molecule has 2 nitrogen and oxygen atoms in total. The minimum atomic E-state index is -0.540. The van der Waals surface area contributed by atoms with Crippen molar-refractivity contribution in [2.45, 2.75) is 38.5 Å². The van der Waals surface area contributed by atoms with Crippen molar-refractivity contribution in [1.82, 2.24) is 9.13 Å². The molecule has 0 amide bonds. The van der Waals surface area contributed by atoms with E-state index in [0.29, 0.717) is 0 Å². The van der Waals surface area contributed by atoms with Crippen molar-refractivity contribution in [2.24, 2.45) is 0 Å². The molecule has 0 bridgehead atoms. The Morgan fingerprint density at radius 2 is 0.553 bits per heavy atom. The van der Waals surface area contributed by atoms with Crippen LogP contribution in [0.1, 0.15) is 67.0 Å². The molecule has 19 rings (SSSR count). The molecule has 0 unspecified atom stereocenters. The zero-order chi connectivity index (χ0) is 62.6. The van der Waals surface area contributed by atoms with Crippen molar-refractivity contribution in [1.29, 1.82) is 0 Å². The van der Waals surface area contributed by atoms with Gasteiger partial charge < -0.3 is 9.13 Å². The number of fused-ring (bicyclic) bond motifs is 12. The highest BCUT2D eigenvalue weighted by molar-refractivity contribution is 6.26. The van der Waals surface area contributed by atoms with E-state index in [1.165, 1.54) is 176 Å². The Morgan fingerprint density at radius 1 is 0.234 bits per heavy atom. The first-order valence-corrected chi connectivity index (χ1v) is 33.1. The number of hydrogen-bond donors (Lipinski definition) is 0. The molecule has 2 aromatic heterocycles. The van der Waals surface area contributed by atoms with Crippen LogP contribution >= 0.6 is 0 Å². The molecule has 2 aliphatic carbocycles. The molecule has 0 spiro atoms. The van der Waals surface area contributed by atoms with Crippen LogP contribution in [0.5, 0.6) is 0 Å². The molecule has 17 aromatic rings. The fourth-order valence-corrected chi connectivity index (χ4v) is 17.5. The van der Waals surface area contributed by atoms with Gasteiger partial charge in [0.15, 0.2) is 0 Å². The summed E-state index contributed by atoms with van der Waals surface area (Å²) in [6, 6.07) is 120. The lowest BCUT2D eigenvalue weighted by atomic mass is 9.67. The van der Waals surface area contributed by atoms with Crippen molar-refractivity contribution < 1.29 is 0 Å². The van der Waals surface area contributed by atoms with Crippen molar-refractivity contribution in [3.8, 4) is 55.9 Å². The fourth-order valence-electron chi connectivity index (χ4n) is 17.5. The van der Waals surface area contributed by atoms with Crippen molar-refractivity contribution in [3.63, 3.8) is 0 Å². The number of rotatable bonds is 8. The molecule has 442 valence electrons. The van der Waals surface area contributed by atoms with Gasteiger partial charge in [0, 0.05) is 33.5 Å². The normalized spacial score (nSPS) is 13.5. The SMILES string of the molecule is Cc1c(C)n(-c2ccc3c(c2)C(c2ccccc2)(c2ccccc2)c2ccccc2-3)c2cc3c(-c4ccc5ccccc5c4)c4cc5c(C)c(C)n(-c6ccc7c(c6)C(c6ccccc6)(c6ccccc6)c6ccccc6-7)c5cc4c(-c4ccc5ccccc5c4)c3cc12. The molecule has 2 heteroatoms. The molecule has 94 heavy (non-hydrogen) atoms. The summed E-state index contributed by atoms with van der Waals surface area (Å²) in [4.78, 5) is 0. The lowest BCUT2D eigenvalue weighted by Crippen LogP contribution is -2.28. The number of hydrogen-bond acceptors (Lipinski definition) is 0. The van der Waals surface area contributed by atoms with E-state index in [-0.39, 0.29) is 0 Å². The summed E-state index contributed by atoms with van der Waals surface area (Å²) in [6.45, 7) is 9.33. The molecule has 0 aliphatic heterocycles. The van der Waals surface area contributed by atoms with Gasteiger partial charge in [-0.1, -0.05) is 255 Å². The molecular weight excluding hydrogens is 1130 g/mol. The zero-order valence-corrected chi connectivity index (χ0v) is 52.9. The summed E-state index contributed by atoms with van der Waals surface area (Å²) in [6.07, 6.45) is 0. The van der Waals surface area contributed by atoms with Gasteiger partial charge in [-0.2, -0.15) is 0 Å². The maximum atomic E-state index is 2.56. The standard InChI is InChI=1S/C92H64N2/c1-57-59(3)93(71-45-47-75-73-37-21-23-39-83(73)91(85(75)51-71,67-29-9-5-10-30-67)68-31-11-6-12-32-68)87-55-81-79(53-77(57)87)89(65-43-41-61-25-17-19-27-63(61)49-65)82-56-88-78(54-80(82)90(81)66-44-42-62-26-18-20-28-64(62)50-66)58(2)60(4)94(88)72-46-48-76-74-38-22-24-40-84(74)92(86(76)52-72,69-33-13-7-14-34-69)70-35-15-8-16-36-70/h5-56H,1-4H3. The minimum Gasteiger partial charge on any atom is -0.314 e. The minimum absolute atomic E-state index is 0.540. The molecular formula is C92H64N2. The van der Waals surface area contributed by atoms with Crippen molar-refractivity contribution in [3.05, 3.63) is 382 Å². The summed E-state index contributed by atoms with van der Waals surface area (Å²) in [5.41, 5.74) is 28.8. The average Bonchev–Trinajstić information content (AvgIpc) is 1.51. The van der Waals surface area contributed by atoms with Crippen LogP contribution in [-0.4, -0.2) is 9.13 Å². The Balaban J connectivity index is 0.912. The monoisotopic (exact) mass is 1200 g/mol. The molecule has 0 atom stereocenters. The maximum Gasteiger partial charge on any atom is 0.0714 e.